The number of amides is 1. The van der Waals surface area contributed by atoms with E-state index in [4.69, 9.17) is 5.73 Å². The lowest BCUT2D eigenvalue weighted by Crippen LogP contribution is -2.33. The van der Waals surface area contributed by atoms with Gasteiger partial charge in [-0.25, -0.2) is 4.98 Å². The van der Waals surface area contributed by atoms with Crippen molar-refractivity contribution in [3.8, 4) is 0 Å². The predicted molar refractivity (Wildman–Crippen MR) is 66.9 cm³/mol. The molecule has 1 aliphatic heterocycles. The van der Waals surface area contributed by atoms with Gasteiger partial charge in [-0.15, -0.1) is 11.3 Å². The zero-order valence-corrected chi connectivity index (χ0v) is 10.7. The van der Waals surface area contributed by atoms with Crippen LogP contribution in [0.25, 0.3) is 0 Å². The van der Waals surface area contributed by atoms with Crippen LogP contribution in [0.5, 0.6) is 0 Å². The Morgan fingerprint density at radius 3 is 3.00 bits per heavy atom. The quantitative estimate of drug-likeness (QED) is 0.817. The fraction of sp³-hybridized carbons (Fsp3) is 0.667. The van der Waals surface area contributed by atoms with Gasteiger partial charge in [0.2, 0.25) is 0 Å². The van der Waals surface area contributed by atoms with Gasteiger partial charge in [0, 0.05) is 19.1 Å². The zero-order valence-electron chi connectivity index (χ0n) is 9.93. The molecule has 2 heterocycles. The van der Waals surface area contributed by atoms with Gasteiger partial charge in [-0.2, -0.15) is 0 Å². The Hall–Kier alpha value is -0.940. The molecule has 2 aliphatic rings. The molecule has 1 saturated carbocycles. The standard InChI is InChI=1S/C12H17N3OS/c1-7-11(17-6-14-7)12(16)15-4-8-2-3-10(13)9(8)5-15/h6,8-10H,2-5,13H2,1H3/t8-,9-,10-/m0/s1. The summed E-state index contributed by atoms with van der Waals surface area (Å²) in [5.74, 6) is 1.29. The van der Waals surface area contributed by atoms with Crippen molar-refractivity contribution in [1.29, 1.82) is 0 Å². The van der Waals surface area contributed by atoms with Gasteiger partial charge < -0.3 is 10.6 Å². The highest BCUT2D eigenvalue weighted by atomic mass is 32.1. The molecule has 2 N–H and O–H groups in total. The second-order valence-corrected chi connectivity index (χ2v) is 6.00. The Morgan fingerprint density at radius 2 is 2.35 bits per heavy atom. The smallest absolute Gasteiger partial charge is 0.265 e. The molecule has 5 heteroatoms. The Kier molecular flexibility index (Phi) is 2.67. The van der Waals surface area contributed by atoms with Crippen molar-refractivity contribution in [1.82, 2.24) is 9.88 Å². The van der Waals surface area contributed by atoms with Crippen LogP contribution in [-0.2, 0) is 0 Å². The first-order chi connectivity index (χ1) is 8.16. The zero-order chi connectivity index (χ0) is 12.0. The van der Waals surface area contributed by atoms with Crippen molar-refractivity contribution in [3.63, 3.8) is 0 Å². The van der Waals surface area contributed by atoms with E-state index in [1.165, 1.54) is 17.8 Å². The fourth-order valence-electron chi connectivity index (χ4n) is 3.12. The second-order valence-electron chi connectivity index (χ2n) is 5.14. The number of carbonyl (C=O) groups excluding carboxylic acids is 1. The number of aryl methyl sites for hydroxylation is 1. The first kappa shape index (κ1) is 11.2. The summed E-state index contributed by atoms with van der Waals surface area (Å²) in [6.45, 7) is 3.61. The van der Waals surface area contributed by atoms with E-state index in [1.807, 2.05) is 11.8 Å². The summed E-state index contributed by atoms with van der Waals surface area (Å²) in [5.41, 5.74) is 8.67. The maximum absolute atomic E-state index is 12.3. The van der Waals surface area contributed by atoms with Gasteiger partial charge in [0.05, 0.1) is 11.2 Å². The number of fused-ring (bicyclic) bond motifs is 1. The minimum Gasteiger partial charge on any atom is -0.337 e. The van der Waals surface area contributed by atoms with E-state index in [1.54, 1.807) is 5.51 Å². The first-order valence-corrected chi connectivity index (χ1v) is 6.99. The Labute approximate surface area is 105 Å². The SMILES string of the molecule is Cc1ncsc1C(=O)N1C[C@@H]2CC[C@H](N)[C@H]2C1. The Balaban J connectivity index is 1.75. The van der Waals surface area contributed by atoms with Crippen LogP contribution in [0, 0.1) is 18.8 Å². The molecule has 0 radical (unpaired) electrons. The highest BCUT2D eigenvalue weighted by molar-refractivity contribution is 7.11. The molecule has 1 saturated heterocycles. The summed E-state index contributed by atoms with van der Waals surface area (Å²) in [4.78, 5) is 19.2. The third-order valence-electron chi connectivity index (χ3n) is 4.14. The van der Waals surface area contributed by atoms with Crippen LogP contribution in [0.4, 0.5) is 0 Å². The highest BCUT2D eigenvalue weighted by Crippen LogP contribution is 2.37. The van der Waals surface area contributed by atoms with Crippen LogP contribution in [0.1, 0.15) is 28.2 Å². The van der Waals surface area contributed by atoms with Crippen molar-refractivity contribution in [2.75, 3.05) is 13.1 Å². The molecule has 0 bridgehead atoms. The normalized spacial score (nSPS) is 31.9. The molecule has 0 unspecified atom stereocenters. The topological polar surface area (TPSA) is 59.2 Å². The average Bonchev–Trinajstić information content (AvgIpc) is 2.96. The monoisotopic (exact) mass is 251 g/mol. The van der Waals surface area contributed by atoms with Gasteiger partial charge in [0.15, 0.2) is 0 Å². The van der Waals surface area contributed by atoms with Crippen molar-refractivity contribution < 1.29 is 4.79 Å². The lowest BCUT2D eigenvalue weighted by Gasteiger charge is -2.18. The predicted octanol–water partition coefficient (Wildman–Crippen LogP) is 1.26. The highest BCUT2D eigenvalue weighted by Gasteiger charge is 2.42. The van der Waals surface area contributed by atoms with Crippen LogP contribution >= 0.6 is 11.3 Å². The summed E-state index contributed by atoms with van der Waals surface area (Å²) < 4.78 is 0. The summed E-state index contributed by atoms with van der Waals surface area (Å²) >= 11 is 1.44. The van der Waals surface area contributed by atoms with Crippen molar-refractivity contribution in [2.45, 2.75) is 25.8 Å². The number of thiazole rings is 1. The van der Waals surface area contributed by atoms with Gasteiger partial charge in [-0.05, 0) is 31.6 Å². The summed E-state index contributed by atoms with van der Waals surface area (Å²) in [5, 5.41) is 0. The van der Waals surface area contributed by atoms with E-state index >= 15 is 0 Å². The van der Waals surface area contributed by atoms with E-state index in [9.17, 15) is 4.79 Å². The Morgan fingerprint density at radius 1 is 1.53 bits per heavy atom. The van der Waals surface area contributed by atoms with E-state index in [0.29, 0.717) is 17.9 Å². The molecule has 3 rings (SSSR count). The van der Waals surface area contributed by atoms with Gasteiger partial charge >= 0.3 is 0 Å². The third-order valence-corrected chi connectivity index (χ3v) is 5.06. The van der Waals surface area contributed by atoms with Crippen LogP contribution in [0.2, 0.25) is 0 Å². The molecular formula is C12H17N3OS. The molecule has 3 atom stereocenters. The summed E-state index contributed by atoms with van der Waals surface area (Å²) in [6.07, 6.45) is 2.30. The molecule has 1 aromatic heterocycles. The minimum atomic E-state index is 0.145. The summed E-state index contributed by atoms with van der Waals surface area (Å²) in [7, 11) is 0. The van der Waals surface area contributed by atoms with Crippen LogP contribution in [0.3, 0.4) is 0 Å². The molecule has 1 amide bonds. The maximum Gasteiger partial charge on any atom is 0.265 e. The maximum atomic E-state index is 12.3. The fourth-order valence-corrected chi connectivity index (χ4v) is 3.89. The average molecular weight is 251 g/mol. The van der Waals surface area contributed by atoms with Crippen molar-refractivity contribution in [2.24, 2.45) is 17.6 Å². The number of aromatic nitrogens is 1. The first-order valence-electron chi connectivity index (χ1n) is 6.11. The third kappa shape index (κ3) is 1.77. The molecular weight excluding hydrogens is 234 g/mol. The van der Waals surface area contributed by atoms with Crippen molar-refractivity contribution in [3.05, 3.63) is 16.1 Å². The minimum absolute atomic E-state index is 0.145. The molecule has 92 valence electrons. The number of hydrogen-bond acceptors (Lipinski definition) is 4. The molecule has 2 fully saturated rings. The number of nitrogens with two attached hydrogens (primary N) is 1. The number of rotatable bonds is 1. The second kappa shape index (κ2) is 4.07. The molecule has 17 heavy (non-hydrogen) atoms. The van der Waals surface area contributed by atoms with Gasteiger partial charge in [-0.3, -0.25) is 4.79 Å². The molecule has 1 aromatic rings. The van der Waals surface area contributed by atoms with E-state index in [-0.39, 0.29) is 5.91 Å². The summed E-state index contributed by atoms with van der Waals surface area (Å²) in [6, 6.07) is 0.292. The van der Waals surface area contributed by atoms with Gasteiger partial charge in [-0.1, -0.05) is 0 Å². The van der Waals surface area contributed by atoms with Crippen molar-refractivity contribution >= 4 is 17.2 Å². The molecule has 0 aromatic carbocycles. The lowest BCUT2D eigenvalue weighted by atomic mass is 9.98. The number of hydrogen-bond donors (Lipinski definition) is 1. The largest absolute Gasteiger partial charge is 0.337 e. The molecule has 0 spiro atoms. The lowest BCUT2D eigenvalue weighted by molar-refractivity contribution is 0.0783. The molecule has 4 nitrogen and oxygen atoms in total. The van der Waals surface area contributed by atoms with Gasteiger partial charge in [0.1, 0.15) is 4.88 Å². The molecule has 1 aliphatic carbocycles. The van der Waals surface area contributed by atoms with Crippen LogP contribution in [0.15, 0.2) is 5.51 Å². The Bertz CT molecular complexity index is 445. The van der Waals surface area contributed by atoms with E-state index in [0.717, 1.165) is 30.1 Å². The van der Waals surface area contributed by atoms with Crippen LogP contribution in [-0.4, -0.2) is 34.9 Å². The van der Waals surface area contributed by atoms with Crippen LogP contribution < -0.4 is 5.73 Å². The van der Waals surface area contributed by atoms with Gasteiger partial charge in [0.25, 0.3) is 5.91 Å². The number of carbonyl (C=O) groups is 1. The van der Waals surface area contributed by atoms with E-state index < -0.39 is 0 Å². The number of likely N-dealkylation sites (tertiary alicyclic amines) is 1. The van der Waals surface area contributed by atoms with E-state index in [2.05, 4.69) is 4.98 Å². The number of nitrogens with zero attached hydrogens (tertiary/aromatic N) is 2.